The van der Waals surface area contributed by atoms with Gasteiger partial charge < -0.3 is 15.2 Å². The van der Waals surface area contributed by atoms with Gasteiger partial charge >= 0.3 is 0 Å². The number of anilines is 1. The van der Waals surface area contributed by atoms with Gasteiger partial charge in [-0.2, -0.15) is 0 Å². The zero-order chi connectivity index (χ0) is 14.5. The maximum Gasteiger partial charge on any atom is 0.183 e. The molecule has 2 rings (SSSR count). The summed E-state index contributed by atoms with van der Waals surface area (Å²) in [5.41, 5.74) is 7.56. The maximum absolute atomic E-state index is 5.98. The summed E-state index contributed by atoms with van der Waals surface area (Å²) in [7, 11) is 3.23. The molecule has 0 spiro atoms. The minimum Gasteiger partial charge on any atom is -0.493 e. The number of ether oxygens (including phenoxy) is 2. The Morgan fingerprint density at radius 2 is 2.05 bits per heavy atom. The third kappa shape index (κ3) is 3.37. The van der Waals surface area contributed by atoms with Crippen molar-refractivity contribution in [1.82, 2.24) is 4.98 Å². The van der Waals surface area contributed by atoms with E-state index in [1.807, 2.05) is 18.2 Å². The molecule has 0 saturated heterocycles. The van der Waals surface area contributed by atoms with Crippen LogP contribution in [0.3, 0.4) is 0 Å². The standard InChI is InChI=1S/C14H15BrN2O2S/c1-18-12-5-6-17-11(14(12)19-2)8-20-13-4-3-9(15)7-10(13)16/h3-7H,8,16H2,1-2H3. The highest BCUT2D eigenvalue weighted by atomic mass is 79.9. The van der Waals surface area contributed by atoms with E-state index in [1.54, 1.807) is 38.2 Å². The molecule has 0 aliphatic rings. The molecule has 0 aliphatic heterocycles. The number of hydrogen-bond acceptors (Lipinski definition) is 5. The lowest BCUT2D eigenvalue weighted by Gasteiger charge is -2.12. The van der Waals surface area contributed by atoms with E-state index in [-0.39, 0.29) is 0 Å². The van der Waals surface area contributed by atoms with Gasteiger partial charge in [0.1, 0.15) is 0 Å². The minimum atomic E-state index is 0.659. The Morgan fingerprint density at radius 1 is 1.25 bits per heavy atom. The van der Waals surface area contributed by atoms with Crippen molar-refractivity contribution in [2.45, 2.75) is 10.6 Å². The molecule has 6 heteroatoms. The third-order valence-corrected chi connectivity index (χ3v) is 4.30. The van der Waals surface area contributed by atoms with E-state index in [9.17, 15) is 0 Å². The number of nitrogens with two attached hydrogens (primary N) is 1. The van der Waals surface area contributed by atoms with Crippen LogP contribution in [0.4, 0.5) is 5.69 Å². The zero-order valence-electron chi connectivity index (χ0n) is 11.2. The number of aromatic nitrogens is 1. The number of nitrogen functional groups attached to an aromatic ring is 1. The minimum absolute atomic E-state index is 0.659. The van der Waals surface area contributed by atoms with Gasteiger partial charge in [-0.05, 0) is 18.2 Å². The van der Waals surface area contributed by atoms with E-state index in [4.69, 9.17) is 15.2 Å². The van der Waals surface area contributed by atoms with Crippen molar-refractivity contribution >= 4 is 33.4 Å². The summed E-state index contributed by atoms with van der Waals surface area (Å²) in [6, 6.07) is 7.62. The van der Waals surface area contributed by atoms with Crippen molar-refractivity contribution in [2.24, 2.45) is 0 Å². The molecule has 4 nitrogen and oxygen atoms in total. The Bertz CT molecular complexity index is 608. The highest BCUT2D eigenvalue weighted by Crippen LogP contribution is 2.35. The molecule has 1 aromatic carbocycles. The molecular formula is C14H15BrN2O2S. The fourth-order valence-electron chi connectivity index (χ4n) is 1.75. The Morgan fingerprint density at radius 3 is 2.70 bits per heavy atom. The molecule has 2 N–H and O–H groups in total. The van der Waals surface area contributed by atoms with Gasteiger partial charge in [0, 0.05) is 33.1 Å². The second-order valence-corrected chi connectivity index (χ2v) is 5.90. The Balaban J connectivity index is 2.18. The van der Waals surface area contributed by atoms with Crippen molar-refractivity contribution < 1.29 is 9.47 Å². The van der Waals surface area contributed by atoms with Gasteiger partial charge in [0.25, 0.3) is 0 Å². The lowest BCUT2D eigenvalue weighted by molar-refractivity contribution is 0.350. The molecule has 0 saturated carbocycles. The van der Waals surface area contributed by atoms with E-state index in [1.165, 1.54) is 0 Å². The highest BCUT2D eigenvalue weighted by Gasteiger charge is 2.12. The number of benzene rings is 1. The predicted octanol–water partition coefficient (Wildman–Crippen LogP) is 3.74. The van der Waals surface area contributed by atoms with Gasteiger partial charge in [-0.15, -0.1) is 11.8 Å². The van der Waals surface area contributed by atoms with Crippen LogP contribution in [-0.2, 0) is 5.75 Å². The number of hydrogen-bond donors (Lipinski definition) is 1. The molecule has 106 valence electrons. The lowest BCUT2D eigenvalue weighted by Crippen LogP contribution is -1.98. The molecule has 0 unspecified atom stereocenters. The Hall–Kier alpha value is -1.40. The smallest absolute Gasteiger partial charge is 0.183 e. The fourth-order valence-corrected chi connectivity index (χ4v) is 3.02. The van der Waals surface area contributed by atoms with Crippen molar-refractivity contribution in [1.29, 1.82) is 0 Å². The summed E-state index contributed by atoms with van der Waals surface area (Å²) in [5, 5.41) is 0. The molecule has 20 heavy (non-hydrogen) atoms. The molecule has 0 amide bonds. The average molecular weight is 355 g/mol. The van der Waals surface area contributed by atoms with Gasteiger partial charge in [0.15, 0.2) is 11.5 Å². The number of pyridine rings is 1. The average Bonchev–Trinajstić information content (AvgIpc) is 2.45. The topological polar surface area (TPSA) is 57.4 Å². The molecule has 0 radical (unpaired) electrons. The van der Waals surface area contributed by atoms with Crippen LogP contribution in [0.5, 0.6) is 11.5 Å². The maximum atomic E-state index is 5.98. The molecule has 1 heterocycles. The monoisotopic (exact) mass is 354 g/mol. The van der Waals surface area contributed by atoms with Crippen molar-refractivity contribution in [3.8, 4) is 11.5 Å². The quantitative estimate of drug-likeness (QED) is 0.654. The van der Waals surface area contributed by atoms with Crippen LogP contribution in [0.2, 0.25) is 0 Å². The van der Waals surface area contributed by atoms with Crippen molar-refractivity contribution in [3.05, 3.63) is 40.6 Å². The molecule has 1 aromatic heterocycles. The van der Waals surface area contributed by atoms with Crippen molar-refractivity contribution in [2.75, 3.05) is 20.0 Å². The Kier molecular flexibility index (Phi) is 5.14. The van der Waals surface area contributed by atoms with Crippen LogP contribution >= 0.6 is 27.7 Å². The number of halogens is 1. The van der Waals surface area contributed by atoms with Crippen LogP contribution in [-0.4, -0.2) is 19.2 Å². The third-order valence-electron chi connectivity index (χ3n) is 2.70. The van der Waals surface area contributed by atoms with Crippen LogP contribution in [0.15, 0.2) is 39.8 Å². The number of nitrogens with zero attached hydrogens (tertiary/aromatic N) is 1. The summed E-state index contributed by atoms with van der Waals surface area (Å²) in [6.07, 6.45) is 1.71. The lowest BCUT2D eigenvalue weighted by atomic mass is 10.3. The normalized spacial score (nSPS) is 10.3. The highest BCUT2D eigenvalue weighted by molar-refractivity contribution is 9.10. The van der Waals surface area contributed by atoms with E-state index >= 15 is 0 Å². The number of rotatable bonds is 5. The predicted molar refractivity (Wildman–Crippen MR) is 85.5 cm³/mol. The van der Waals surface area contributed by atoms with Crippen LogP contribution in [0, 0.1) is 0 Å². The summed E-state index contributed by atoms with van der Waals surface area (Å²) in [6.45, 7) is 0. The van der Waals surface area contributed by atoms with E-state index in [0.717, 1.165) is 20.7 Å². The molecule has 0 atom stereocenters. The van der Waals surface area contributed by atoms with E-state index in [0.29, 0.717) is 17.3 Å². The van der Waals surface area contributed by atoms with Crippen LogP contribution in [0.1, 0.15) is 5.69 Å². The van der Waals surface area contributed by atoms with Crippen LogP contribution < -0.4 is 15.2 Å². The number of methoxy groups -OCH3 is 2. The van der Waals surface area contributed by atoms with E-state index in [2.05, 4.69) is 20.9 Å². The van der Waals surface area contributed by atoms with E-state index < -0.39 is 0 Å². The molecular weight excluding hydrogens is 340 g/mol. The summed E-state index contributed by atoms with van der Waals surface area (Å²) in [4.78, 5) is 5.36. The van der Waals surface area contributed by atoms with Gasteiger partial charge in [0.2, 0.25) is 0 Å². The van der Waals surface area contributed by atoms with Gasteiger partial charge in [-0.3, -0.25) is 4.98 Å². The van der Waals surface area contributed by atoms with Crippen molar-refractivity contribution in [3.63, 3.8) is 0 Å². The largest absolute Gasteiger partial charge is 0.493 e. The first-order valence-corrected chi connectivity index (χ1v) is 7.67. The van der Waals surface area contributed by atoms with Gasteiger partial charge in [0.05, 0.1) is 19.9 Å². The second kappa shape index (κ2) is 6.85. The number of thioether (sulfide) groups is 1. The summed E-state index contributed by atoms with van der Waals surface area (Å²) < 4.78 is 11.6. The van der Waals surface area contributed by atoms with Gasteiger partial charge in [-0.25, -0.2) is 0 Å². The molecule has 0 fully saturated rings. The molecule has 0 bridgehead atoms. The molecule has 2 aromatic rings. The first-order valence-electron chi connectivity index (χ1n) is 5.89. The summed E-state index contributed by atoms with van der Waals surface area (Å²) >= 11 is 5.01. The fraction of sp³-hybridized carbons (Fsp3) is 0.214. The second-order valence-electron chi connectivity index (χ2n) is 3.96. The SMILES string of the molecule is COc1ccnc(CSc2ccc(Br)cc2N)c1OC. The Labute approximate surface area is 130 Å². The molecule has 0 aliphatic carbocycles. The first kappa shape index (κ1) is 15.0. The van der Waals surface area contributed by atoms with Gasteiger partial charge in [-0.1, -0.05) is 15.9 Å². The first-order chi connectivity index (χ1) is 9.65. The van der Waals surface area contributed by atoms with Crippen LogP contribution in [0.25, 0.3) is 0 Å². The zero-order valence-corrected chi connectivity index (χ0v) is 13.6. The summed E-state index contributed by atoms with van der Waals surface area (Å²) in [5.74, 6) is 2.01.